The molecule has 0 aromatic rings. The predicted octanol–water partition coefficient (Wildman–Crippen LogP) is 7.23. The van der Waals surface area contributed by atoms with Gasteiger partial charge in [0.05, 0.1) is 6.61 Å². The molecule has 0 spiro atoms. The number of Topliss-reactive ketones (excluding diaryl/α,β-unsaturated/α-hetero) is 1. The summed E-state index contributed by atoms with van der Waals surface area (Å²) in [6.45, 7) is 25.0. The average Bonchev–Trinajstić information content (AvgIpc) is 3.01. The van der Waals surface area contributed by atoms with E-state index in [4.69, 9.17) is 13.3 Å². The third-order valence-electron chi connectivity index (χ3n) is 10.8. The second kappa shape index (κ2) is 10.2. The minimum absolute atomic E-state index is 0.0421. The number of aliphatic hydroxyl groups is 1. The molecule has 9 unspecified atom stereocenters. The minimum atomic E-state index is -1.85. The standard InChI is InChI=1S/C30H58O5Si3/c1-28-16-14-22(34-37(6,7)8)18-21(28)12-13-23-24-15-17-30(32,26(31)20-33-36(3,4)5)29(24,2)19-25(27(23)28)35-38(9,10)11/h21-25,27,32H,12-20H2,1-11H3. The van der Waals surface area contributed by atoms with E-state index in [0.29, 0.717) is 36.2 Å². The van der Waals surface area contributed by atoms with Crippen LogP contribution in [-0.2, 0) is 18.1 Å². The third kappa shape index (κ3) is 5.88. The molecule has 4 rings (SSSR count). The van der Waals surface area contributed by atoms with Crippen molar-refractivity contribution in [2.75, 3.05) is 6.61 Å². The quantitative estimate of drug-likeness (QED) is 0.306. The summed E-state index contributed by atoms with van der Waals surface area (Å²) in [4.78, 5) is 13.7. The van der Waals surface area contributed by atoms with Gasteiger partial charge in [-0.2, -0.15) is 0 Å². The summed E-state index contributed by atoms with van der Waals surface area (Å²) in [7, 11) is -5.27. The maximum atomic E-state index is 13.7. The first-order valence-electron chi connectivity index (χ1n) is 15.4. The van der Waals surface area contributed by atoms with Gasteiger partial charge in [0.1, 0.15) is 5.60 Å². The highest BCUT2D eigenvalue weighted by Gasteiger charge is 2.69. The van der Waals surface area contributed by atoms with E-state index in [0.717, 1.165) is 19.3 Å². The highest BCUT2D eigenvalue weighted by atomic mass is 28.4. The molecule has 4 aliphatic rings. The number of hydrogen-bond acceptors (Lipinski definition) is 5. The molecular weight excluding hydrogens is 525 g/mol. The Morgan fingerprint density at radius 2 is 1.47 bits per heavy atom. The molecule has 0 saturated heterocycles. The van der Waals surface area contributed by atoms with E-state index in [9.17, 15) is 9.90 Å². The van der Waals surface area contributed by atoms with Gasteiger partial charge in [0.25, 0.3) is 0 Å². The van der Waals surface area contributed by atoms with Crippen molar-refractivity contribution in [2.45, 2.75) is 142 Å². The van der Waals surface area contributed by atoms with Crippen molar-refractivity contribution in [3.05, 3.63) is 0 Å². The van der Waals surface area contributed by atoms with E-state index in [2.05, 4.69) is 72.8 Å². The van der Waals surface area contributed by atoms with Crippen LogP contribution in [0.3, 0.4) is 0 Å². The molecule has 38 heavy (non-hydrogen) atoms. The molecule has 0 aromatic heterocycles. The van der Waals surface area contributed by atoms with E-state index < -0.39 is 36.0 Å². The van der Waals surface area contributed by atoms with Gasteiger partial charge in [0.2, 0.25) is 0 Å². The maximum Gasteiger partial charge on any atom is 0.189 e. The van der Waals surface area contributed by atoms with Crippen molar-refractivity contribution in [2.24, 2.45) is 34.5 Å². The minimum Gasteiger partial charge on any atom is -0.415 e. The molecule has 9 atom stereocenters. The highest BCUT2D eigenvalue weighted by molar-refractivity contribution is 6.70. The largest absolute Gasteiger partial charge is 0.415 e. The van der Waals surface area contributed by atoms with E-state index in [-0.39, 0.29) is 23.9 Å². The van der Waals surface area contributed by atoms with Gasteiger partial charge in [-0.15, -0.1) is 0 Å². The van der Waals surface area contributed by atoms with Gasteiger partial charge in [-0.05, 0) is 139 Å². The van der Waals surface area contributed by atoms with Crippen LogP contribution >= 0.6 is 0 Å². The van der Waals surface area contributed by atoms with Crippen molar-refractivity contribution in [1.29, 1.82) is 0 Å². The number of rotatable bonds is 8. The lowest BCUT2D eigenvalue weighted by molar-refractivity contribution is -0.198. The summed E-state index contributed by atoms with van der Waals surface area (Å²) in [6.07, 6.45) is 8.76. The van der Waals surface area contributed by atoms with Crippen LogP contribution in [0, 0.1) is 34.5 Å². The van der Waals surface area contributed by atoms with Crippen LogP contribution in [0.15, 0.2) is 0 Å². The molecule has 1 N–H and O–H groups in total. The van der Waals surface area contributed by atoms with Crippen molar-refractivity contribution < 1.29 is 23.2 Å². The van der Waals surface area contributed by atoms with Gasteiger partial charge in [0.15, 0.2) is 30.7 Å². The molecular formula is C30H58O5Si3. The Hall–Kier alpha value is 0.161. The summed E-state index contributed by atoms with van der Waals surface area (Å²) >= 11 is 0. The molecule has 0 aromatic carbocycles. The zero-order valence-electron chi connectivity index (χ0n) is 26.4. The van der Waals surface area contributed by atoms with E-state index in [1.807, 2.05) is 0 Å². The van der Waals surface area contributed by atoms with E-state index in [1.165, 1.54) is 25.7 Å². The Morgan fingerprint density at radius 3 is 2.05 bits per heavy atom. The fraction of sp³-hybridized carbons (Fsp3) is 0.967. The van der Waals surface area contributed by atoms with Gasteiger partial charge < -0.3 is 18.4 Å². The number of carbonyl (C=O) groups is 1. The molecule has 5 nitrogen and oxygen atoms in total. The molecule has 0 bridgehead atoms. The summed E-state index contributed by atoms with van der Waals surface area (Å²) in [6, 6.07) is 0. The summed E-state index contributed by atoms with van der Waals surface area (Å²) in [5.74, 6) is 1.94. The first-order chi connectivity index (χ1) is 17.2. The van der Waals surface area contributed by atoms with Crippen LogP contribution in [0.5, 0.6) is 0 Å². The van der Waals surface area contributed by atoms with Crippen molar-refractivity contribution in [3.8, 4) is 0 Å². The molecule has 0 amide bonds. The Kier molecular flexibility index (Phi) is 8.32. The number of carbonyl (C=O) groups excluding carboxylic acids is 1. The molecule has 8 heteroatoms. The molecule has 4 fully saturated rings. The highest BCUT2D eigenvalue weighted by Crippen LogP contribution is 2.69. The number of ketones is 1. The van der Waals surface area contributed by atoms with Crippen LogP contribution in [0.1, 0.15) is 65.2 Å². The van der Waals surface area contributed by atoms with E-state index >= 15 is 0 Å². The lowest BCUT2D eigenvalue weighted by Crippen LogP contribution is -2.64. The summed E-state index contributed by atoms with van der Waals surface area (Å²) in [5, 5.41) is 12.2. The van der Waals surface area contributed by atoms with Crippen LogP contribution in [-0.4, -0.2) is 60.3 Å². The van der Waals surface area contributed by atoms with Crippen molar-refractivity contribution in [3.63, 3.8) is 0 Å². The lowest BCUT2D eigenvalue weighted by atomic mass is 9.43. The zero-order chi connectivity index (χ0) is 28.5. The summed E-state index contributed by atoms with van der Waals surface area (Å²) in [5.41, 5.74) is -1.54. The summed E-state index contributed by atoms with van der Waals surface area (Å²) < 4.78 is 19.8. The molecule has 0 radical (unpaired) electrons. The Labute approximate surface area is 236 Å². The Morgan fingerprint density at radius 1 is 0.842 bits per heavy atom. The first-order valence-corrected chi connectivity index (χ1v) is 25.7. The molecule has 4 aliphatic carbocycles. The monoisotopic (exact) mass is 582 g/mol. The van der Waals surface area contributed by atoms with Gasteiger partial charge >= 0.3 is 0 Å². The number of fused-ring (bicyclic) bond motifs is 5. The Balaban J connectivity index is 1.65. The van der Waals surface area contributed by atoms with Crippen molar-refractivity contribution >= 4 is 30.7 Å². The maximum absolute atomic E-state index is 13.7. The fourth-order valence-corrected chi connectivity index (χ4v) is 12.3. The Bertz CT molecular complexity index is 892. The van der Waals surface area contributed by atoms with Gasteiger partial charge in [-0.3, -0.25) is 4.79 Å². The molecule has 4 saturated carbocycles. The smallest absolute Gasteiger partial charge is 0.189 e. The number of hydrogen-bond donors (Lipinski definition) is 1. The van der Waals surface area contributed by atoms with Crippen LogP contribution in [0.4, 0.5) is 0 Å². The second-order valence-electron chi connectivity index (χ2n) is 16.8. The van der Waals surface area contributed by atoms with E-state index in [1.54, 1.807) is 0 Å². The molecule has 0 aliphatic heterocycles. The van der Waals surface area contributed by atoms with Gasteiger partial charge in [-0.1, -0.05) is 13.8 Å². The fourth-order valence-electron chi connectivity index (χ4n) is 9.34. The second-order valence-corrected chi connectivity index (χ2v) is 30.3. The molecule has 0 heterocycles. The SMILES string of the molecule is CC12CCC(O[Si](C)(C)C)CC1CCC1C2C(O[Si](C)(C)C)CC2(C)C1CCC2(O)C(=O)CO[Si](C)(C)C. The molecule has 220 valence electrons. The van der Waals surface area contributed by atoms with Gasteiger partial charge in [-0.25, -0.2) is 0 Å². The van der Waals surface area contributed by atoms with Crippen LogP contribution in [0.25, 0.3) is 0 Å². The van der Waals surface area contributed by atoms with Crippen LogP contribution in [0.2, 0.25) is 58.9 Å². The normalized spacial score (nSPS) is 43.8. The third-order valence-corrected chi connectivity index (χ3v) is 13.9. The lowest BCUT2D eigenvalue weighted by Gasteiger charge is -2.64. The topological polar surface area (TPSA) is 65.0 Å². The van der Waals surface area contributed by atoms with Crippen molar-refractivity contribution in [1.82, 2.24) is 0 Å². The average molecular weight is 583 g/mol. The first kappa shape index (κ1) is 31.1. The zero-order valence-corrected chi connectivity index (χ0v) is 29.4. The van der Waals surface area contributed by atoms with Crippen LogP contribution < -0.4 is 0 Å². The predicted molar refractivity (Wildman–Crippen MR) is 163 cm³/mol. The van der Waals surface area contributed by atoms with Gasteiger partial charge in [0, 0.05) is 17.6 Å².